The van der Waals surface area contributed by atoms with Crippen LogP contribution >= 0.6 is 0 Å². The number of ether oxygens (including phenoxy) is 1. The molecule has 0 saturated carbocycles. The van der Waals surface area contributed by atoms with Crippen molar-refractivity contribution in [1.29, 1.82) is 0 Å². The molecular weight excluding hydrogens is 222 g/mol. The summed E-state index contributed by atoms with van der Waals surface area (Å²) in [5.74, 6) is 0.577. The predicted octanol–water partition coefficient (Wildman–Crippen LogP) is 2.34. The van der Waals surface area contributed by atoms with E-state index < -0.39 is 4.92 Å². The molecule has 0 radical (unpaired) electrons. The number of rotatable bonds is 4. The Kier molecular flexibility index (Phi) is 2.95. The Morgan fingerprint density at radius 1 is 1.53 bits per heavy atom. The van der Waals surface area contributed by atoms with Gasteiger partial charge < -0.3 is 4.74 Å². The zero-order chi connectivity index (χ0) is 12.4. The van der Waals surface area contributed by atoms with E-state index in [-0.39, 0.29) is 5.69 Å². The number of nitrogens with zero attached hydrogens (tertiary/aromatic N) is 3. The minimum atomic E-state index is -0.439. The van der Waals surface area contributed by atoms with Gasteiger partial charge in [0, 0.05) is 18.3 Å². The number of fused-ring (bicyclic) bond motifs is 1. The van der Waals surface area contributed by atoms with E-state index >= 15 is 0 Å². The van der Waals surface area contributed by atoms with Crippen LogP contribution in [-0.2, 0) is 0 Å². The first-order chi connectivity index (χ1) is 8.13. The van der Waals surface area contributed by atoms with Crippen LogP contribution in [0.3, 0.4) is 0 Å². The lowest BCUT2D eigenvalue weighted by Gasteiger charge is -2.06. The summed E-state index contributed by atoms with van der Waals surface area (Å²) in [6.45, 7) is 4.37. The van der Waals surface area contributed by atoms with Crippen molar-refractivity contribution in [3.05, 3.63) is 34.1 Å². The summed E-state index contributed by atoms with van der Waals surface area (Å²) >= 11 is 0. The number of nitro groups is 1. The quantitative estimate of drug-likeness (QED) is 0.602. The maximum Gasteiger partial charge on any atom is 0.312 e. The Hall–Kier alpha value is -2.11. The van der Waals surface area contributed by atoms with E-state index in [1.807, 2.05) is 6.92 Å². The summed E-state index contributed by atoms with van der Waals surface area (Å²) in [7, 11) is 0. The van der Waals surface area contributed by atoms with Crippen molar-refractivity contribution < 1.29 is 9.66 Å². The summed E-state index contributed by atoms with van der Waals surface area (Å²) in [4.78, 5) is 14.6. The van der Waals surface area contributed by atoms with Gasteiger partial charge in [-0.2, -0.15) is 0 Å². The Balaban J connectivity index is 2.57. The molecule has 0 aliphatic heterocycles. The van der Waals surface area contributed by atoms with E-state index in [2.05, 4.69) is 4.98 Å². The van der Waals surface area contributed by atoms with Gasteiger partial charge in [0.1, 0.15) is 0 Å². The fourth-order valence-corrected chi connectivity index (χ4v) is 1.62. The Morgan fingerprint density at radius 2 is 2.29 bits per heavy atom. The van der Waals surface area contributed by atoms with Gasteiger partial charge in [0.05, 0.1) is 17.2 Å². The summed E-state index contributed by atoms with van der Waals surface area (Å²) in [6.07, 6.45) is 2.61. The molecule has 2 aromatic heterocycles. The third kappa shape index (κ3) is 2.06. The van der Waals surface area contributed by atoms with Crippen LogP contribution in [0.2, 0.25) is 0 Å². The molecule has 0 fully saturated rings. The van der Waals surface area contributed by atoms with Gasteiger partial charge in [-0.25, -0.2) is 4.98 Å². The lowest BCUT2D eigenvalue weighted by molar-refractivity contribution is -0.383. The molecule has 0 N–H and O–H groups in total. The van der Waals surface area contributed by atoms with E-state index in [4.69, 9.17) is 4.74 Å². The Bertz CT molecular complexity index is 562. The normalized spacial score (nSPS) is 10.7. The van der Waals surface area contributed by atoms with Crippen molar-refractivity contribution in [1.82, 2.24) is 9.38 Å². The summed E-state index contributed by atoms with van der Waals surface area (Å²) in [5, 5.41) is 10.9. The standard InChI is InChI=1S/C11H13N3O3/c1-3-6-17-10-5-4-9(14(15)16)11-12-8(2)7-13(10)11/h4-5,7H,3,6H2,1-2H3. The number of hydrogen-bond donors (Lipinski definition) is 0. The SMILES string of the molecule is CCCOc1ccc([N+](=O)[O-])c2nc(C)cn12. The topological polar surface area (TPSA) is 69.7 Å². The van der Waals surface area contributed by atoms with Gasteiger partial charge in [-0.3, -0.25) is 14.5 Å². The van der Waals surface area contributed by atoms with Gasteiger partial charge in [0.15, 0.2) is 5.88 Å². The highest BCUT2D eigenvalue weighted by Gasteiger charge is 2.17. The first kappa shape index (κ1) is 11.4. The molecule has 2 aromatic rings. The fraction of sp³-hybridized carbons (Fsp3) is 0.364. The first-order valence-corrected chi connectivity index (χ1v) is 5.39. The number of aromatic nitrogens is 2. The summed E-state index contributed by atoms with van der Waals surface area (Å²) in [6, 6.07) is 3.02. The molecule has 17 heavy (non-hydrogen) atoms. The molecule has 90 valence electrons. The maximum absolute atomic E-state index is 10.9. The molecule has 0 spiro atoms. The third-order valence-corrected chi connectivity index (χ3v) is 2.33. The maximum atomic E-state index is 10.9. The molecule has 0 aromatic carbocycles. The minimum Gasteiger partial charge on any atom is -0.479 e. The second-order valence-electron chi connectivity index (χ2n) is 3.74. The number of aryl methyl sites for hydroxylation is 1. The van der Waals surface area contributed by atoms with E-state index in [0.29, 0.717) is 18.1 Å². The molecule has 0 aliphatic carbocycles. The van der Waals surface area contributed by atoms with Crippen LogP contribution in [0.15, 0.2) is 18.3 Å². The van der Waals surface area contributed by atoms with Crippen molar-refractivity contribution in [2.24, 2.45) is 0 Å². The van der Waals surface area contributed by atoms with Crippen LogP contribution in [0, 0.1) is 17.0 Å². The summed E-state index contributed by atoms with van der Waals surface area (Å²) < 4.78 is 7.13. The van der Waals surface area contributed by atoms with Crippen LogP contribution in [0.4, 0.5) is 5.69 Å². The predicted molar refractivity (Wildman–Crippen MR) is 62.4 cm³/mol. The van der Waals surface area contributed by atoms with Gasteiger partial charge >= 0.3 is 5.69 Å². The van der Waals surface area contributed by atoms with E-state index in [0.717, 1.165) is 12.1 Å². The van der Waals surface area contributed by atoms with Crippen molar-refractivity contribution in [3.8, 4) is 5.88 Å². The Labute approximate surface area is 98.0 Å². The van der Waals surface area contributed by atoms with Crippen molar-refractivity contribution >= 4 is 11.3 Å². The van der Waals surface area contributed by atoms with E-state index in [1.165, 1.54) is 6.07 Å². The molecule has 2 rings (SSSR count). The number of imidazole rings is 1. The molecule has 0 unspecified atom stereocenters. The van der Waals surface area contributed by atoms with Crippen LogP contribution < -0.4 is 4.74 Å². The van der Waals surface area contributed by atoms with Crippen LogP contribution in [0.1, 0.15) is 19.0 Å². The third-order valence-electron chi connectivity index (χ3n) is 2.33. The molecule has 0 bridgehead atoms. The molecule has 0 atom stereocenters. The molecule has 6 nitrogen and oxygen atoms in total. The zero-order valence-electron chi connectivity index (χ0n) is 9.71. The molecule has 2 heterocycles. The first-order valence-electron chi connectivity index (χ1n) is 5.39. The minimum absolute atomic E-state index is 0.0121. The second-order valence-corrected chi connectivity index (χ2v) is 3.74. The van der Waals surface area contributed by atoms with Crippen LogP contribution in [-0.4, -0.2) is 20.9 Å². The van der Waals surface area contributed by atoms with E-state index in [1.54, 1.807) is 23.6 Å². The Morgan fingerprint density at radius 3 is 2.94 bits per heavy atom. The highest BCUT2D eigenvalue weighted by molar-refractivity contribution is 5.61. The monoisotopic (exact) mass is 235 g/mol. The fourth-order valence-electron chi connectivity index (χ4n) is 1.62. The molecule has 6 heteroatoms. The van der Waals surface area contributed by atoms with Gasteiger partial charge in [-0.15, -0.1) is 0 Å². The van der Waals surface area contributed by atoms with Gasteiger partial charge in [0.25, 0.3) is 0 Å². The van der Waals surface area contributed by atoms with Crippen LogP contribution in [0.5, 0.6) is 5.88 Å². The number of hydrogen-bond acceptors (Lipinski definition) is 4. The second kappa shape index (κ2) is 4.40. The highest BCUT2D eigenvalue weighted by Crippen LogP contribution is 2.24. The van der Waals surface area contributed by atoms with Crippen LogP contribution in [0.25, 0.3) is 5.65 Å². The lowest BCUT2D eigenvalue weighted by atomic mass is 10.4. The zero-order valence-corrected chi connectivity index (χ0v) is 9.71. The van der Waals surface area contributed by atoms with Gasteiger partial charge in [0.2, 0.25) is 5.65 Å². The van der Waals surface area contributed by atoms with Crippen molar-refractivity contribution in [2.75, 3.05) is 6.61 Å². The smallest absolute Gasteiger partial charge is 0.312 e. The largest absolute Gasteiger partial charge is 0.479 e. The average Bonchev–Trinajstić information content (AvgIpc) is 2.66. The molecule has 0 aliphatic rings. The van der Waals surface area contributed by atoms with E-state index in [9.17, 15) is 10.1 Å². The highest BCUT2D eigenvalue weighted by atomic mass is 16.6. The van der Waals surface area contributed by atoms with Gasteiger partial charge in [-0.1, -0.05) is 6.92 Å². The number of pyridine rings is 1. The molecule has 0 saturated heterocycles. The van der Waals surface area contributed by atoms with Crippen molar-refractivity contribution in [3.63, 3.8) is 0 Å². The van der Waals surface area contributed by atoms with Gasteiger partial charge in [-0.05, 0) is 13.3 Å². The lowest BCUT2D eigenvalue weighted by Crippen LogP contribution is -2.02. The molecular formula is C11H13N3O3. The molecule has 0 amide bonds. The average molecular weight is 235 g/mol. The summed E-state index contributed by atoms with van der Waals surface area (Å²) in [5.41, 5.74) is 1.03. The van der Waals surface area contributed by atoms with Crippen molar-refractivity contribution in [2.45, 2.75) is 20.3 Å².